The molecule has 0 aliphatic carbocycles. The Kier molecular flexibility index (Phi) is 11.9. The molecule has 15 heteroatoms. The molecule has 0 radical (unpaired) electrons. The summed E-state index contributed by atoms with van der Waals surface area (Å²) < 4.78 is 36.3. The number of thioether (sulfide) groups is 1. The number of amides is 3. The van der Waals surface area contributed by atoms with E-state index in [1.807, 2.05) is 0 Å². The van der Waals surface area contributed by atoms with Gasteiger partial charge < -0.3 is 15.1 Å². The number of carbonyl (C=O) groups is 3. The highest BCUT2D eigenvalue weighted by Crippen LogP contribution is 2.60. The summed E-state index contributed by atoms with van der Waals surface area (Å²) in [5.74, 6) is -0.640. The highest BCUT2D eigenvalue weighted by atomic mass is 32.2. The number of unbranched alkanes of at least 4 members (excludes halogenated alkanes) is 2. The van der Waals surface area contributed by atoms with Crippen molar-refractivity contribution in [2.75, 3.05) is 26.0 Å². The second-order valence-electron chi connectivity index (χ2n) is 6.98. The zero-order chi connectivity index (χ0) is 23.7. The fourth-order valence-electron chi connectivity index (χ4n) is 2.68. The molecule has 1 heterocycles. The lowest BCUT2D eigenvalue weighted by Crippen LogP contribution is -2.32. The average Bonchev–Trinajstić information content (AvgIpc) is 2.90. The molecule has 1 rings (SSSR count). The smallest absolute Gasteiger partial charge is 0.354 e. The van der Waals surface area contributed by atoms with E-state index in [0.29, 0.717) is 25.8 Å². The molecule has 0 bridgehead atoms. The monoisotopic (exact) mass is 504 g/mol. The predicted molar refractivity (Wildman–Crippen MR) is 113 cm³/mol. The quantitative estimate of drug-likeness (QED) is 0.169. The van der Waals surface area contributed by atoms with Crippen LogP contribution >= 0.6 is 27.4 Å². The van der Waals surface area contributed by atoms with Gasteiger partial charge in [-0.05, 0) is 32.9 Å². The van der Waals surface area contributed by atoms with Crippen LogP contribution in [0.25, 0.3) is 0 Å². The van der Waals surface area contributed by atoms with Gasteiger partial charge in [-0.25, -0.2) is 9.13 Å². The minimum atomic E-state index is -4.84. The van der Waals surface area contributed by atoms with Crippen molar-refractivity contribution in [1.29, 1.82) is 0 Å². The normalized spacial score (nSPS) is 20.7. The first-order valence-corrected chi connectivity index (χ1v) is 14.0. The van der Waals surface area contributed by atoms with E-state index >= 15 is 0 Å². The molecule has 31 heavy (non-hydrogen) atoms. The maximum Gasteiger partial charge on any atom is 0.481 e. The van der Waals surface area contributed by atoms with Crippen molar-refractivity contribution in [2.24, 2.45) is 0 Å². The topological polar surface area (TPSA) is 169 Å². The maximum absolute atomic E-state index is 12.0. The minimum absolute atomic E-state index is 0.111. The van der Waals surface area contributed by atoms with Gasteiger partial charge in [-0.3, -0.25) is 28.3 Å². The highest BCUT2D eigenvalue weighted by molar-refractivity contribution is 8.00. The van der Waals surface area contributed by atoms with E-state index in [1.165, 1.54) is 30.5 Å². The standard InChI is InChI=1S/C16H30N2O10P2S/c1-12(2)27-30(24,25)28-29(22,23)26-10-8-17-14(19)7-5-4-6-9-18-15(20)11-13(31-3)16(18)21/h12-13H,4-11H2,1-3H3,(H,17,19)(H,22,23)(H,24,25). The van der Waals surface area contributed by atoms with E-state index in [9.17, 15) is 33.3 Å². The fourth-order valence-corrected chi connectivity index (χ4v) is 5.56. The molecule has 0 aromatic rings. The highest BCUT2D eigenvalue weighted by Gasteiger charge is 2.37. The Morgan fingerprint density at radius 2 is 1.90 bits per heavy atom. The Balaban J connectivity index is 2.16. The van der Waals surface area contributed by atoms with Crippen LogP contribution in [0.2, 0.25) is 0 Å². The summed E-state index contributed by atoms with van der Waals surface area (Å²) in [7, 11) is -9.59. The summed E-state index contributed by atoms with van der Waals surface area (Å²) in [6.45, 7) is 2.69. The van der Waals surface area contributed by atoms with Gasteiger partial charge in [0.2, 0.25) is 17.7 Å². The number of phosphoric acid groups is 2. The van der Waals surface area contributed by atoms with Crippen molar-refractivity contribution in [2.45, 2.75) is 57.3 Å². The van der Waals surface area contributed by atoms with Gasteiger partial charge in [-0.15, -0.1) is 0 Å². The van der Waals surface area contributed by atoms with Gasteiger partial charge in [0.1, 0.15) is 0 Å². The molecule has 3 N–H and O–H groups in total. The summed E-state index contributed by atoms with van der Waals surface area (Å²) in [6.07, 6.45) is 3.29. The number of imide groups is 1. The van der Waals surface area contributed by atoms with E-state index in [2.05, 4.69) is 18.7 Å². The summed E-state index contributed by atoms with van der Waals surface area (Å²) in [5, 5.41) is 2.17. The Hall–Kier alpha value is -0.780. The second kappa shape index (κ2) is 13.1. The molecule has 0 spiro atoms. The molecule has 0 saturated carbocycles. The third-order valence-electron chi connectivity index (χ3n) is 4.00. The minimum Gasteiger partial charge on any atom is -0.354 e. The third kappa shape index (κ3) is 11.1. The van der Waals surface area contributed by atoms with Crippen molar-refractivity contribution < 1.29 is 46.7 Å². The molecule has 12 nitrogen and oxygen atoms in total. The van der Waals surface area contributed by atoms with Gasteiger partial charge in [0.15, 0.2) is 0 Å². The molecular weight excluding hydrogens is 474 g/mol. The number of phosphoric ester groups is 2. The van der Waals surface area contributed by atoms with Crippen LogP contribution in [0.3, 0.4) is 0 Å². The van der Waals surface area contributed by atoms with Crippen molar-refractivity contribution in [3.63, 3.8) is 0 Å². The van der Waals surface area contributed by atoms with Crippen LogP contribution in [0.4, 0.5) is 0 Å². The summed E-state index contributed by atoms with van der Waals surface area (Å²) >= 11 is 1.36. The van der Waals surface area contributed by atoms with E-state index in [0.717, 1.165) is 0 Å². The molecule has 3 unspecified atom stereocenters. The fraction of sp³-hybridized carbons (Fsp3) is 0.812. The van der Waals surface area contributed by atoms with E-state index in [1.54, 1.807) is 6.26 Å². The van der Waals surface area contributed by atoms with Crippen LogP contribution in [-0.2, 0) is 36.9 Å². The van der Waals surface area contributed by atoms with Gasteiger partial charge in [-0.1, -0.05) is 6.42 Å². The van der Waals surface area contributed by atoms with Gasteiger partial charge >= 0.3 is 15.6 Å². The average molecular weight is 504 g/mol. The van der Waals surface area contributed by atoms with Crippen molar-refractivity contribution >= 4 is 45.1 Å². The Morgan fingerprint density at radius 3 is 2.48 bits per heavy atom. The van der Waals surface area contributed by atoms with Gasteiger partial charge in [0.25, 0.3) is 0 Å². The number of carbonyl (C=O) groups excluding carboxylic acids is 3. The number of rotatable bonds is 15. The van der Waals surface area contributed by atoms with E-state index in [4.69, 9.17) is 0 Å². The van der Waals surface area contributed by atoms with Crippen molar-refractivity contribution in [3.8, 4) is 0 Å². The zero-order valence-electron chi connectivity index (χ0n) is 17.7. The molecule has 1 aliphatic rings. The first-order valence-electron chi connectivity index (χ1n) is 9.70. The van der Waals surface area contributed by atoms with Crippen LogP contribution in [0.15, 0.2) is 0 Å². The lowest BCUT2D eigenvalue weighted by molar-refractivity contribution is -0.138. The SMILES string of the molecule is CSC1CC(=O)N(CCCCCC(=O)NCCOP(=O)(O)OP(=O)(O)OC(C)C)C1=O. The number of hydrogen-bond donors (Lipinski definition) is 3. The van der Waals surface area contributed by atoms with Crippen molar-refractivity contribution in [1.82, 2.24) is 10.2 Å². The van der Waals surface area contributed by atoms with Gasteiger partial charge in [0.05, 0.1) is 18.0 Å². The largest absolute Gasteiger partial charge is 0.481 e. The zero-order valence-corrected chi connectivity index (χ0v) is 20.3. The molecule has 0 aromatic heterocycles. The number of hydrogen-bond acceptors (Lipinski definition) is 9. The molecular formula is C16H30N2O10P2S. The molecule has 1 aliphatic heterocycles. The number of nitrogens with one attached hydrogen (secondary N) is 1. The third-order valence-corrected chi connectivity index (χ3v) is 7.79. The predicted octanol–water partition coefficient (Wildman–Crippen LogP) is 1.81. The van der Waals surface area contributed by atoms with Crippen molar-refractivity contribution in [3.05, 3.63) is 0 Å². The van der Waals surface area contributed by atoms with Gasteiger partial charge in [0, 0.05) is 25.9 Å². The first kappa shape index (κ1) is 28.3. The molecule has 1 saturated heterocycles. The van der Waals surface area contributed by atoms with Crippen LogP contribution in [-0.4, -0.2) is 69.7 Å². The van der Waals surface area contributed by atoms with E-state index in [-0.39, 0.29) is 42.4 Å². The Labute approximate surface area is 185 Å². The Bertz CT molecular complexity index is 735. The molecule has 3 atom stereocenters. The summed E-state index contributed by atoms with van der Waals surface area (Å²) in [4.78, 5) is 55.6. The lowest BCUT2D eigenvalue weighted by atomic mass is 10.2. The van der Waals surface area contributed by atoms with Gasteiger partial charge in [-0.2, -0.15) is 16.1 Å². The molecule has 180 valence electrons. The summed E-state index contributed by atoms with van der Waals surface area (Å²) in [6, 6.07) is 0. The molecule has 1 fully saturated rings. The maximum atomic E-state index is 12.0. The number of likely N-dealkylation sites (tertiary alicyclic amines) is 1. The number of nitrogens with zero attached hydrogens (tertiary/aromatic N) is 1. The molecule has 3 amide bonds. The Morgan fingerprint density at radius 1 is 1.23 bits per heavy atom. The lowest BCUT2D eigenvalue weighted by Gasteiger charge is -2.17. The molecule has 0 aromatic carbocycles. The van der Waals surface area contributed by atoms with Crippen LogP contribution in [0.5, 0.6) is 0 Å². The first-order chi connectivity index (χ1) is 14.4. The van der Waals surface area contributed by atoms with Crippen LogP contribution < -0.4 is 5.32 Å². The van der Waals surface area contributed by atoms with Crippen LogP contribution in [0, 0.1) is 0 Å². The summed E-state index contributed by atoms with van der Waals surface area (Å²) in [5.41, 5.74) is 0. The van der Waals surface area contributed by atoms with E-state index < -0.39 is 28.4 Å². The second-order valence-corrected chi connectivity index (χ2v) is 11.0. The van der Waals surface area contributed by atoms with Crippen LogP contribution in [0.1, 0.15) is 46.0 Å².